The zero-order chi connectivity index (χ0) is 17.1. The second-order valence-corrected chi connectivity index (χ2v) is 5.78. The van der Waals surface area contributed by atoms with Crippen molar-refractivity contribution < 1.29 is 13.2 Å². The van der Waals surface area contributed by atoms with Crippen LogP contribution in [0.25, 0.3) is 0 Å². The number of benzene rings is 2. The van der Waals surface area contributed by atoms with Gasteiger partial charge in [0.25, 0.3) is 0 Å². The summed E-state index contributed by atoms with van der Waals surface area (Å²) in [7, 11) is 1.59. The minimum absolute atomic E-state index is 0.0745. The second-order valence-electron chi connectivity index (χ2n) is 5.78. The Labute approximate surface area is 138 Å². The van der Waals surface area contributed by atoms with E-state index in [1.54, 1.807) is 19.2 Å². The van der Waals surface area contributed by atoms with Gasteiger partial charge in [-0.2, -0.15) is 0 Å². The SMILES string of the molecule is CN=C(NCc1cc(F)ccc1F)NC1CC1c1ccccc1F. The minimum Gasteiger partial charge on any atom is -0.353 e. The van der Waals surface area contributed by atoms with Crippen LogP contribution in [0.15, 0.2) is 47.5 Å². The van der Waals surface area contributed by atoms with Crippen molar-refractivity contribution in [3.05, 3.63) is 71.0 Å². The molecule has 6 heteroatoms. The van der Waals surface area contributed by atoms with Crippen LogP contribution in [0.3, 0.4) is 0 Å². The number of nitrogens with one attached hydrogen (secondary N) is 2. The predicted octanol–water partition coefficient (Wildman–Crippen LogP) is 3.33. The third-order valence-corrected chi connectivity index (χ3v) is 4.09. The predicted molar refractivity (Wildman–Crippen MR) is 87.2 cm³/mol. The van der Waals surface area contributed by atoms with Crippen molar-refractivity contribution in [2.45, 2.75) is 24.9 Å². The molecule has 126 valence electrons. The molecule has 24 heavy (non-hydrogen) atoms. The Morgan fingerprint density at radius 2 is 1.92 bits per heavy atom. The number of halogens is 3. The molecule has 0 heterocycles. The highest BCUT2D eigenvalue weighted by Crippen LogP contribution is 2.41. The highest BCUT2D eigenvalue weighted by Gasteiger charge is 2.40. The van der Waals surface area contributed by atoms with E-state index in [-0.39, 0.29) is 29.9 Å². The topological polar surface area (TPSA) is 36.4 Å². The highest BCUT2D eigenvalue weighted by atomic mass is 19.1. The van der Waals surface area contributed by atoms with Gasteiger partial charge in [0.15, 0.2) is 5.96 Å². The first kappa shape index (κ1) is 16.4. The van der Waals surface area contributed by atoms with E-state index in [0.29, 0.717) is 11.5 Å². The third-order valence-electron chi connectivity index (χ3n) is 4.09. The van der Waals surface area contributed by atoms with Crippen LogP contribution >= 0.6 is 0 Å². The molecule has 3 nitrogen and oxygen atoms in total. The van der Waals surface area contributed by atoms with Gasteiger partial charge in [0, 0.05) is 31.1 Å². The fourth-order valence-electron chi connectivity index (χ4n) is 2.70. The van der Waals surface area contributed by atoms with Gasteiger partial charge in [-0.3, -0.25) is 4.99 Å². The molecule has 0 radical (unpaired) electrons. The molecule has 0 amide bonds. The van der Waals surface area contributed by atoms with E-state index in [0.717, 1.165) is 24.6 Å². The van der Waals surface area contributed by atoms with E-state index < -0.39 is 11.6 Å². The molecular weight excluding hydrogens is 315 g/mol. The summed E-state index contributed by atoms with van der Waals surface area (Å²) in [4.78, 5) is 4.07. The summed E-state index contributed by atoms with van der Waals surface area (Å²) < 4.78 is 40.6. The molecule has 2 unspecified atom stereocenters. The van der Waals surface area contributed by atoms with E-state index in [1.165, 1.54) is 6.07 Å². The normalized spacial score (nSPS) is 19.9. The second kappa shape index (κ2) is 6.95. The molecular formula is C18H18F3N3. The largest absolute Gasteiger partial charge is 0.353 e. The fourth-order valence-corrected chi connectivity index (χ4v) is 2.70. The maximum absolute atomic E-state index is 13.8. The Bertz CT molecular complexity index is 761. The monoisotopic (exact) mass is 333 g/mol. The minimum atomic E-state index is -0.488. The van der Waals surface area contributed by atoms with Crippen molar-refractivity contribution in [3.8, 4) is 0 Å². The lowest BCUT2D eigenvalue weighted by molar-refractivity contribution is 0.581. The van der Waals surface area contributed by atoms with Crippen molar-refractivity contribution in [1.82, 2.24) is 10.6 Å². The van der Waals surface area contributed by atoms with Crippen molar-refractivity contribution in [1.29, 1.82) is 0 Å². The molecule has 1 saturated carbocycles. The summed E-state index contributed by atoms with van der Waals surface area (Å²) >= 11 is 0. The Kier molecular flexibility index (Phi) is 4.74. The highest BCUT2D eigenvalue weighted by molar-refractivity contribution is 5.80. The van der Waals surface area contributed by atoms with Crippen LogP contribution in [-0.2, 0) is 6.54 Å². The molecule has 0 saturated heterocycles. The van der Waals surface area contributed by atoms with Crippen LogP contribution in [0.2, 0.25) is 0 Å². The molecule has 1 aliphatic rings. The standard InChI is InChI=1S/C18H18F3N3/c1-22-18(23-10-11-8-12(19)6-7-15(11)20)24-17-9-14(17)13-4-2-3-5-16(13)21/h2-8,14,17H,9-10H2,1H3,(H2,22,23,24). The fraction of sp³-hybridized carbons (Fsp3) is 0.278. The van der Waals surface area contributed by atoms with Crippen LogP contribution in [0.4, 0.5) is 13.2 Å². The maximum atomic E-state index is 13.8. The zero-order valence-corrected chi connectivity index (χ0v) is 13.2. The van der Waals surface area contributed by atoms with E-state index in [9.17, 15) is 13.2 Å². The van der Waals surface area contributed by atoms with Crippen LogP contribution in [0.5, 0.6) is 0 Å². The lowest BCUT2D eigenvalue weighted by Crippen LogP contribution is -2.38. The van der Waals surface area contributed by atoms with Gasteiger partial charge in [-0.25, -0.2) is 13.2 Å². The summed E-state index contributed by atoms with van der Waals surface area (Å²) in [6, 6.07) is 10.1. The molecule has 0 aliphatic heterocycles. The first-order valence-electron chi connectivity index (χ1n) is 7.74. The molecule has 1 fully saturated rings. The van der Waals surface area contributed by atoms with Crippen LogP contribution in [0, 0.1) is 17.5 Å². The number of aliphatic imine (C=N–C) groups is 1. The van der Waals surface area contributed by atoms with Gasteiger partial charge in [0.2, 0.25) is 0 Å². The molecule has 0 spiro atoms. The third kappa shape index (κ3) is 3.69. The summed E-state index contributed by atoms with van der Waals surface area (Å²) in [6.07, 6.45) is 0.802. The van der Waals surface area contributed by atoms with Gasteiger partial charge in [0.05, 0.1) is 0 Å². The maximum Gasteiger partial charge on any atom is 0.191 e. The lowest BCUT2D eigenvalue weighted by atomic mass is 10.1. The Morgan fingerprint density at radius 3 is 2.67 bits per heavy atom. The van der Waals surface area contributed by atoms with Crippen LogP contribution in [-0.4, -0.2) is 19.0 Å². The smallest absolute Gasteiger partial charge is 0.191 e. The van der Waals surface area contributed by atoms with Gasteiger partial charge < -0.3 is 10.6 Å². The van der Waals surface area contributed by atoms with Crippen molar-refractivity contribution in [2.75, 3.05) is 7.05 Å². The molecule has 0 bridgehead atoms. The van der Waals surface area contributed by atoms with Gasteiger partial charge in [-0.1, -0.05) is 18.2 Å². The summed E-state index contributed by atoms with van der Waals surface area (Å²) in [6.45, 7) is 0.111. The molecule has 0 aromatic heterocycles. The van der Waals surface area contributed by atoms with Gasteiger partial charge in [-0.05, 0) is 36.2 Å². The Morgan fingerprint density at radius 1 is 1.12 bits per heavy atom. The molecule has 2 atom stereocenters. The van der Waals surface area contributed by atoms with E-state index >= 15 is 0 Å². The zero-order valence-electron chi connectivity index (χ0n) is 13.2. The van der Waals surface area contributed by atoms with Gasteiger partial charge >= 0.3 is 0 Å². The Balaban J connectivity index is 1.57. The molecule has 3 rings (SSSR count). The van der Waals surface area contributed by atoms with Gasteiger partial charge in [0.1, 0.15) is 17.5 Å². The van der Waals surface area contributed by atoms with Crippen molar-refractivity contribution in [3.63, 3.8) is 0 Å². The number of hydrogen-bond acceptors (Lipinski definition) is 1. The first-order valence-corrected chi connectivity index (χ1v) is 7.74. The Hall–Kier alpha value is -2.50. The van der Waals surface area contributed by atoms with E-state index in [2.05, 4.69) is 15.6 Å². The number of guanidine groups is 1. The molecule has 2 aromatic carbocycles. The average molecular weight is 333 g/mol. The average Bonchev–Trinajstić information content (AvgIpc) is 3.33. The lowest BCUT2D eigenvalue weighted by Gasteiger charge is -2.12. The molecule has 2 N–H and O–H groups in total. The number of rotatable bonds is 4. The molecule has 1 aliphatic carbocycles. The first-order chi connectivity index (χ1) is 11.6. The van der Waals surface area contributed by atoms with Crippen molar-refractivity contribution >= 4 is 5.96 Å². The van der Waals surface area contributed by atoms with E-state index in [1.807, 2.05) is 6.07 Å². The van der Waals surface area contributed by atoms with Crippen molar-refractivity contribution in [2.24, 2.45) is 4.99 Å². The van der Waals surface area contributed by atoms with E-state index in [4.69, 9.17) is 0 Å². The van der Waals surface area contributed by atoms with Gasteiger partial charge in [-0.15, -0.1) is 0 Å². The summed E-state index contributed by atoms with van der Waals surface area (Å²) in [5, 5.41) is 6.13. The number of nitrogens with zero attached hydrogens (tertiary/aromatic N) is 1. The summed E-state index contributed by atoms with van der Waals surface area (Å²) in [5.74, 6) is -0.609. The van der Waals surface area contributed by atoms with Crippen LogP contribution in [0.1, 0.15) is 23.5 Å². The van der Waals surface area contributed by atoms with Crippen LogP contribution < -0.4 is 10.6 Å². The quantitative estimate of drug-likeness (QED) is 0.665. The summed E-state index contributed by atoms with van der Waals surface area (Å²) in [5.41, 5.74) is 0.904. The molecule has 2 aromatic rings. The number of hydrogen-bond donors (Lipinski definition) is 2.